The third-order valence-corrected chi connectivity index (χ3v) is 5.33. The summed E-state index contributed by atoms with van der Waals surface area (Å²) < 4.78 is 5.06. The quantitative estimate of drug-likeness (QED) is 0.620. The van der Waals surface area contributed by atoms with Crippen molar-refractivity contribution in [2.24, 2.45) is 5.92 Å². The number of nitrogens with zero attached hydrogens (tertiary/aromatic N) is 1. The summed E-state index contributed by atoms with van der Waals surface area (Å²) >= 11 is 6.23. The van der Waals surface area contributed by atoms with Gasteiger partial charge in [0.15, 0.2) is 5.76 Å². The predicted octanol–water partition coefficient (Wildman–Crippen LogP) is 4.43. The van der Waals surface area contributed by atoms with Crippen LogP contribution >= 0.6 is 11.6 Å². The highest BCUT2D eigenvalue weighted by Gasteiger charge is 2.19. The summed E-state index contributed by atoms with van der Waals surface area (Å²) in [6.45, 7) is 6.21. The highest BCUT2D eigenvalue weighted by molar-refractivity contribution is 6.34. The maximum atomic E-state index is 12.2. The van der Waals surface area contributed by atoms with Gasteiger partial charge >= 0.3 is 6.03 Å². The summed E-state index contributed by atoms with van der Waals surface area (Å²) in [5.41, 5.74) is 0.999. The highest BCUT2D eigenvalue weighted by atomic mass is 35.5. The molecule has 1 aromatic heterocycles. The van der Waals surface area contributed by atoms with Crippen molar-refractivity contribution in [2.45, 2.75) is 26.2 Å². The van der Waals surface area contributed by atoms with Crippen LogP contribution in [0, 0.1) is 5.92 Å². The van der Waals surface area contributed by atoms with Crippen molar-refractivity contribution >= 4 is 34.9 Å². The molecule has 3 amide bonds. The van der Waals surface area contributed by atoms with E-state index in [2.05, 4.69) is 27.8 Å². The first kappa shape index (κ1) is 21.2. The Labute approximate surface area is 175 Å². The number of likely N-dealkylation sites (tertiary alicyclic amines) is 1. The van der Waals surface area contributed by atoms with Gasteiger partial charge in [-0.05, 0) is 75.1 Å². The van der Waals surface area contributed by atoms with Gasteiger partial charge in [-0.3, -0.25) is 4.79 Å². The number of benzene rings is 1. The first-order valence-corrected chi connectivity index (χ1v) is 10.3. The van der Waals surface area contributed by atoms with Crippen LogP contribution < -0.4 is 16.0 Å². The maximum absolute atomic E-state index is 12.2. The van der Waals surface area contributed by atoms with E-state index in [-0.39, 0.29) is 17.7 Å². The van der Waals surface area contributed by atoms with E-state index in [1.165, 1.54) is 12.7 Å². The second kappa shape index (κ2) is 10.3. The van der Waals surface area contributed by atoms with Gasteiger partial charge in [0.05, 0.1) is 17.0 Å². The zero-order valence-corrected chi connectivity index (χ0v) is 17.3. The maximum Gasteiger partial charge on any atom is 0.319 e. The molecule has 156 valence electrons. The van der Waals surface area contributed by atoms with Gasteiger partial charge in [-0.15, -0.1) is 0 Å². The topological polar surface area (TPSA) is 86.6 Å². The molecule has 0 radical (unpaired) electrons. The molecule has 0 unspecified atom stereocenters. The predicted molar refractivity (Wildman–Crippen MR) is 115 cm³/mol. The summed E-state index contributed by atoms with van der Waals surface area (Å²) in [4.78, 5) is 26.7. The lowest BCUT2D eigenvalue weighted by molar-refractivity contribution is 0.0996. The Hall–Kier alpha value is -2.51. The van der Waals surface area contributed by atoms with E-state index in [0.717, 1.165) is 32.5 Å². The number of anilines is 2. The monoisotopic (exact) mass is 418 g/mol. The molecule has 8 heteroatoms. The van der Waals surface area contributed by atoms with E-state index in [1.54, 1.807) is 30.3 Å². The van der Waals surface area contributed by atoms with Gasteiger partial charge in [-0.1, -0.05) is 18.5 Å². The number of halogens is 1. The lowest BCUT2D eigenvalue weighted by Gasteiger charge is -2.31. The zero-order valence-electron chi connectivity index (χ0n) is 16.5. The minimum absolute atomic E-state index is 0.197. The van der Waals surface area contributed by atoms with E-state index >= 15 is 0 Å². The van der Waals surface area contributed by atoms with E-state index in [1.807, 2.05) is 0 Å². The normalized spacial score (nSPS) is 15.1. The minimum Gasteiger partial charge on any atom is -0.459 e. The van der Waals surface area contributed by atoms with E-state index in [4.69, 9.17) is 16.0 Å². The van der Waals surface area contributed by atoms with E-state index in [0.29, 0.717) is 28.9 Å². The van der Waals surface area contributed by atoms with E-state index < -0.39 is 0 Å². The number of carbonyl (C=O) groups is 2. The fourth-order valence-electron chi connectivity index (χ4n) is 3.43. The Balaban J connectivity index is 1.44. The van der Waals surface area contributed by atoms with Gasteiger partial charge in [0, 0.05) is 12.2 Å². The first-order valence-electron chi connectivity index (χ1n) is 9.96. The summed E-state index contributed by atoms with van der Waals surface area (Å²) in [7, 11) is 0. The molecule has 7 nitrogen and oxygen atoms in total. The molecular formula is C21H27ClN4O3. The number of urea groups is 1. The van der Waals surface area contributed by atoms with Crippen molar-refractivity contribution in [2.75, 3.05) is 36.8 Å². The number of piperidine rings is 1. The second-order valence-corrected chi connectivity index (χ2v) is 7.65. The highest BCUT2D eigenvalue weighted by Crippen LogP contribution is 2.26. The molecule has 3 N–H and O–H groups in total. The van der Waals surface area contributed by atoms with Crippen molar-refractivity contribution in [3.05, 3.63) is 47.4 Å². The molecule has 3 rings (SSSR count). The Morgan fingerprint density at radius 2 is 2.00 bits per heavy atom. The molecule has 0 saturated carbocycles. The van der Waals surface area contributed by atoms with Crippen molar-refractivity contribution in [1.29, 1.82) is 0 Å². The Morgan fingerprint density at radius 3 is 2.66 bits per heavy atom. The number of carbonyl (C=O) groups excluding carboxylic acids is 2. The summed E-state index contributed by atoms with van der Waals surface area (Å²) in [5, 5.41) is 8.72. The van der Waals surface area contributed by atoms with Crippen LogP contribution in [0.1, 0.15) is 36.7 Å². The lowest BCUT2D eigenvalue weighted by Crippen LogP contribution is -2.40. The fraction of sp³-hybridized carbons (Fsp3) is 0.429. The number of furan rings is 1. The molecule has 1 aliphatic rings. The van der Waals surface area contributed by atoms with Crippen LogP contribution in [0.4, 0.5) is 16.2 Å². The van der Waals surface area contributed by atoms with Crippen LogP contribution in [-0.2, 0) is 0 Å². The van der Waals surface area contributed by atoms with Gasteiger partial charge in [-0.25, -0.2) is 4.79 Å². The molecule has 0 atom stereocenters. The standard InChI is InChI=1S/C21H27ClN4O3/c1-2-9-26-10-7-15(8-11-26)14-23-21(28)24-16-5-6-18(17(22)13-16)25-20(27)19-4-3-12-29-19/h3-6,12-13,15H,2,7-11,14H2,1H3,(H,25,27)(H2,23,24,28). The van der Waals surface area contributed by atoms with Gasteiger partial charge in [0.2, 0.25) is 0 Å². The Kier molecular flexibility index (Phi) is 7.55. The smallest absolute Gasteiger partial charge is 0.319 e. The van der Waals surface area contributed by atoms with Gasteiger partial charge < -0.3 is 25.3 Å². The molecule has 1 aliphatic heterocycles. The van der Waals surface area contributed by atoms with Gasteiger partial charge in [-0.2, -0.15) is 0 Å². The third kappa shape index (κ3) is 6.24. The molecule has 2 heterocycles. The van der Waals surface area contributed by atoms with Crippen molar-refractivity contribution in [1.82, 2.24) is 10.2 Å². The minimum atomic E-state index is -0.389. The molecular weight excluding hydrogens is 392 g/mol. The van der Waals surface area contributed by atoms with Crippen LogP contribution in [0.15, 0.2) is 41.0 Å². The number of nitrogens with one attached hydrogen (secondary N) is 3. The second-order valence-electron chi connectivity index (χ2n) is 7.25. The largest absolute Gasteiger partial charge is 0.459 e. The van der Waals surface area contributed by atoms with Crippen molar-refractivity contribution in [3.8, 4) is 0 Å². The Morgan fingerprint density at radius 1 is 1.21 bits per heavy atom. The fourth-order valence-corrected chi connectivity index (χ4v) is 3.66. The molecule has 1 aromatic carbocycles. The summed E-state index contributed by atoms with van der Waals surface area (Å²) in [5.74, 6) is 0.320. The number of rotatable bonds is 7. The summed E-state index contributed by atoms with van der Waals surface area (Å²) in [6.07, 6.45) is 4.82. The zero-order chi connectivity index (χ0) is 20.6. The van der Waals surface area contributed by atoms with Crippen LogP contribution in [0.5, 0.6) is 0 Å². The van der Waals surface area contributed by atoms with Crippen LogP contribution in [0.3, 0.4) is 0 Å². The average Bonchev–Trinajstić information content (AvgIpc) is 3.25. The van der Waals surface area contributed by atoms with E-state index in [9.17, 15) is 9.59 Å². The molecule has 0 spiro atoms. The molecule has 0 aliphatic carbocycles. The lowest BCUT2D eigenvalue weighted by atomic mass is 9.97. The van der Waals surface area contributed by atoms with Gasteiger partial charge in [0.25, 0.3) is 5.91 Å². The molecule has 1 fully saturated rings. The average molecular weight is 419 g/mol. The van der Waals surface area contributed by atoms with Crippen molar-refractivity contribution < 1.29 is 14.0 Å². The number of hydrogen-bond acceptors (Lipinski definition) is 4. The first-order chi connectivity index (χ1) is 14.0. The Bertz CT molecular complexity index is 817. The number of hydrogen-bond donors (Lipinski definition) is 3. The summed E-state index contributed by atoms with van der Waals surface area (Å²) in [6, 6.07) is 7.87. The molecule has 0 bridgehead atoms. The SMILES string of the molecule is CCCN1CCC(CNC(=O)Nc2ccc(NC(=O)c3ccco3)c(Cl)c2)CC1. The van der Waals surface area contributed by atoms with Crippen LogP contribution in [0.2, 0.25) is 5.02 Å². The van der Waals surface area contributed by atoms with Crippen LogP contribution in [-0.4, -0.2) is 43.0 Å². The molecule has 29 heavy (non-hydrogen) atoms. The molecule has 1 saturated heterocycles. The molecule has 2 aromatic rings. The van der Waals surface area contributed by atoms with Crippen molar-refractivity contribution in [3.63, 3.8) is 0 Å². The number of amides is 3. The third-order valence-electron chi connectivity index (χ3n) is 5.02. The van der Waals surface area contributed by atoms with Crippen LogP contribution in [0.25, 0.3) is 0 Å². The van der Waals surface area contributed by atoms with Gasteiger partial charge in [0.1, 0.15) is 0 Å².